The first kappa shape index (κ1) is 15.6. The molecular formula is C15H17N3O4S. The van der Waals surface area contributed by atoms with Crippen molar-refractivity contribution in [2.75, 3.05) is 23.3 Å². The van der Waals surface area contributed by atoms with Gasteiger partial charge in [0.25, 0.3) is 15.9 Å². The largest absolute Gasteiger partial charge is 0.438 e. The van der Waals surface area contributed by atoms with Crippen LogP contribution < -0.4 is 15.4 Å². The van der Waals surface area contributed by atoms with Crippen LogP contribution in [-0.2, 0) is 10.0 Å². The van der Waals surface area contributed by atoms with Gasteiger partial charge in [-0.3, -0.25) is 4.79 Å². The summed E-state index contributed by atoms with van der Waals surface area (Å²) in [6.07, 6.45) is 2.25. The van der Waals surface area contributed by atoms with E-state index < -0.39 is 21.0 Å². The van der Waals surface area contributed by atoms with E-state index in [1.54, 1.807) is 6.07 Å². The average Bonchev–Trinajstić information content (AvgIpc) is 3.19. The van der Waals surface area contributed by atoms with Gasteiger partial charge < -0.3 is 14.6 Å². The van der Waals surface area contributed by atoms with E-state index in [4.69, 9.17) is 9.56 Å². The molecule has 0 saturated carbocycles. The Labute approximate surface area is 134 Å². The van der Waals surface area contributed by atoms with Crippen LogP contribution in [0.5, 0.6) is 0 Å². The van der Waals surface area contributed by atoms with Gasteiger partial charge in [0.1, 0.15) is 0 Å². The van der Waals surface area contributed by atoms with Crippen molar-refractivity contribution in [2.24, 2.45) is 5.14 Å². The number of carbonyl (C=O) groups excluding carboxylic acids is 1. The molecular weight excluding hydrogens is 318 g/mol. The number of nitrogens with one attached hydrogen (secondary N) is 1. The van der Waals surface area contributed by atoms with Crippen LogP contribution >= 0.6 is 0 Å². The minimum atomic E-state index is -3.96. The van der Waals surface area contributed by atoms with Crippen LogP contribution in [0.3, 0.4) is 0 Å². The Bertz CT molecular complexity index is 823. The SMILES string of the molecule is NS(=O)(=O)c1ccc(C(=O)Nc2ccccc2N2CCCC2)o1. The molecule has 0 bridgehead atoms. The van der Waals surface area contributed by atoms with Crippen molar-refractivity contribution in [2.45, 2.75) is 17.9 Å². The molecule has 0 radical (unpaired) electrons. The van der Waals surface area contributed by atoms with Gasteiger partial charge >= 0.3 is 0 Å². The molecule has 3 rings (SSSR count). The third kappa shape index (κ3) is 3.38. The lowest BCUT2D eigenvalue weighted by atomic mass is 10.2. The highest BCUT2D eigenvalue weighted by Crippen LogP contribution is 2.29. The highest BCUT2D eigenvalue weighted by atomic mass is 32.2. The number of primary sulfonamides is 1. The van der Waals surface area contributed by atoms with Crippen molar-refractivity contribution < 1.29 is 17.6 Å². The van der Waals surface area contributed by atoms with E-state index in [9.17, 15) is 13.2 Å². The third-order valence-corrected chi connectivity index (χ3v) is 4.46. The molecule has 1 saturated heterocycles. The molecule has 8 heteroatoms. The molecule has 1 fully saturated rings. The molecule has 122 valence electrons. The molecule has 2 aromatic rings. The highest BCUT2D eigenvalue weighted by Gasteiger charge is 2.20. The summed E-state index contributed by atoms with van der Waals surface area (Å²) >= 11 is 0. The number of sulfonamides is 1. The number of anilines is 2. The van der Waals surface area contributed by atoms with Gasteiger partial charge in [0.05, 0.1) is 11.4 Å². The van der Waals surface area contributed by atoms with Gasteiger partial charge in [-0.1, -0.05) is 12.1 Å². The number of carbonyl (C=O) groups is 1. The number of rotatable bonds is 4. The van der Waals surface area contributed by atoms with Crippen molar-refractivity contribution in [3.05, 3.63) is 42.2 Å². The van der Waals surface area contributed by atoms with Gasteiger partial charge in [-0.05, 0) is 37.1 Å². The number of para-hydroxylation sites is 2. The fourth-order valence-corrected chi connectivity index (χ4v) is 3.06. The molecule has 1 aromatic heterocycles. The Hall–Kier alpha value is -2.32. The fraction of sp³-hybridized carbons (Fsp3) is 0.267. The van der Waals surface area contributed by atoms with Crippen LogP contribution in [0.4, 0.5) is 11.4 Å². The van der Waals surface area contributed by atoms with E-state index in [1.165, 1.54) is 6.07 Å². The van der Waals surface area contributed by atoms with Gasteiger partial charge in [-0.25, -0.2) is 13.6 Å². The minimum Gasteiger partial charge on any atom is -0.438 e. The second kappa shape index (κ2) is 6.05. The van der Waals surface area contributed by atoms with Gasteiger partial charge in [0.15, 0.2) is 5.76 Å². The Morgan fingerprint density at radius 1 is 1.13 bits per heavy atom. The molecule has 1 amide bonds. The standard InChI is InChI=1S/C15H17N3O4S/c16-23(20,21)14-8-7-13(22-14)15(19)17-11-5-1-2-6-12(11)18-9-3-4-10-18/h1-2,5-8H,3-4,9-10H2,(H,17,19)(H2,16,20,21). The summed E-state index contributed by atoms with van der Waals surface area (Å²) < 4.78 is 27.4. The van der Waals surface area contributed by atoms with Crippen LogP contribution in [0.2, 0.25) is 0 Å². The van der Waals surface area contributed by atoms with Crippen molar-refractivity contribution in [1.29, 1.82) is 0 Å². The first-order valence-electron chi connectivity index (χ1n) is 7.23. The van der Waals surface area contributed by atoms with Crippen LogP contribution in [0.15, 0.2) is 45.9 Å². The zero-order valence-electron chi connectivity index (χ0n) is 12.4. The second-order valence-corrected chi connectivity index (χ2v) is 6.82. The molecule has 7 nitrogen and oxygen atoms in total. The highest BCUT2D eigenvalue weighted by molar-refractivity contribution is 7.89. The lowest BCUT2D eigenvalue weighted by Gasteiger charge is -2.21. The summed E-state index contributed by atoms with van der Waals surface area (Å²) in [7, 11) is -3.96. The summed E-state index contributed by atoms with van der Waals surface area (Å²) in [5.74, 6) is -0.628. The number of nitrogens with zero attached hydrogens (tertiary/aromatic N) is 1. The van der Waals surface area contributed by atoms with E-state index in [-0.39, 0.29) is 5.76 Å². The molecule has 1 aliphatic heterocycles. The normalized spacial score (nSPS) is 14.9. The molecule has 0 spiro atoms. The molecule has 3 N–H and O–H groups in total. The van der Waals surface area contributed by atoms with Gasteiger partial charge in [0, 0.05) is 13.1 Å². The molecule has 1 aromatic carbocycles. The van der Waals surface area contributed by atoms with Crippen molar-refractivity contribution in [1.82, 2.24) is 0 Å². The van der Waals surface area contributed by atoms with Gasteiger partial charge in [0.2, 0.25) is 5.09 Å². The summed E-state index contributed by atoms with van der Waals surface area (Å²) in [5.41, 5.74) is 1.60. The topological polar surface area (TPSA) is 106 Å². The number of nitrogens with two attached hydrogens (primary N) is 1. The first-order valence-corrected chi connectivity index (χ1v) is 8.78. The lowest BCUT2D eigenvalue weighted by Crippen LogP contribution is -2.21. The van der Waals surface area contributed by atoms with Crippen LogP contribution in [-0.4, -0.2) is 27.4 Å². The molecule has 1 aliphatic rings. The summed E-state index contributed by atoms with van der Waals surface area (Å²) in [4.78, 5) is 14.5. The molecule has 0 aliphatic carbocycles. The van der Waals surface area contributed by atoms with Crippen LogP contribution in [0.25, 0.3) is 0 Å². The molecule has 0 unspecified atom stereocenters. The van der Waals surface area contributed by atoms with E-state index >= 15 is 0 Å². The predicted molar refractivity (Wildman–Crippen MR) is 85.9 cm³/mol. The first-order chi connectivity index (χ1) is 10.9. The summed E-state index contributed by atoms with van der Waals surface area (Å²) in [6.45, 7) is 1.90. The number of furan rings is 1. The average molecular weight is 335 g/mol. The van der Waals surface area contributed by atoms with E-state index in [1.807, 2.05) is 18.2 Å². The number of hydrogen-bond donors (Lipinski definition) is 2. The molecule has 2 heterocycles. The van der Waals surface area contributed by atoms with Crippen LogP contribution in [0.1, 0.15) is 23.4 Å². The number of amides is 1. The monoisotopic (exact) mass is 335 g/mol. The maximum Gasteiger partial charge on any atom is 0.291 e. The lowest BCUT2D eigenvalue weighted by molar-refractivity contribution is 0.0991. The van der Waals surface area contributed by atoms with E-state index in [2.05, 4.69) is 10.2 Å². The van der Waals surface area contributed by atoms with Crippen molar-refractivity contribution in [3.8, 4) is 0 Å². The maximum atomic E-state index is 12.3. The zero-order chi connectivity index (χ0) is 16.4. The smallest absolute Gasteiger partial charge is 0.291 e. The predicted octanol–water partition coefficient (Wildman–Crippen LogP) is 1.78. The Morgan fingerprint density at radius 3 is 2.48 bits per heavy atom. The van der Waals surface area contributed by atoms with Crippen molar-refractivity contribution >= 4 is 27.3 Å². The van der Waals surface area contributed by atoms with E-state index in [0.717, 1.165) is 37.7 Å². The minimum absolute atomic E-state index is 0.106. The third-order valence-electron chi connectivity index (χ3n) is 3.68. The number of benzene rings is 1. The Morgan fingerprint density at radius 2 is 1.83 bits per heavy atom. The fourth-order valence-electron chi connectivity index (χ4n) is 2.59. The molecule has 23 heavy (non-hydrogen) atoms. The maximum absolute atomic E-state index is 12.3. The second-order valence-electron chi connectivity index (χ2n) is 5.33. The Balaban J connectivity index is 1.82. The zero-order valence-corrected chi connectivity index (χ0v) is 13.2. The quantitative estimate of drug-likeness (QED) is 0.886. The van der Waals surface area contributed by atoms with Crippen LogP contribution in [0, 0.1) is 0 Å². The summed E-state index contributed by atoms with van der Waals surface area (Å²) in [6, 6.07) is 9.93. The van der Waals surface area contributed by atoms with Crippen molar-refractivity contribution in [3.63, 3.8) is 0 Å². The number of hydrogen-bond acceptors (Lipinski definition) is 5. The van der Waals surface area contributed by atoms with Gasteiger partial charge in [-0.2, -0.15) is 0 Å². The van der Waals surface area contributed by atoms with Gasteiger partial charge in [-0.15, -0.1) is 0 Å². The Kier molecular flexibility index (Phi) is 4.10. The van der Waals surface area contributed by atoms with E-state index in [0.29, 0.717) is 5.69 Å². The summed E-state index contributed by atoms with van der Waals surface area (Å²) in [5, 5.41) is 7.29. The molecule has 0 atom stereocenters.